The van der Waals surface area contributed by atoms with Crippen molar-refractivity contribution in [2.24, 2.45) is 0 Å². The van der Waals surface area contributed by atoms with Crippen molar-refractivity contribution < 1.29 is 19.4 Å². The first-order valence-corrected chi connectivity index (χ1v) is 8.34. The molecule has 0 spiro atoms. The van der Waals surface area contributed by atoms with Gasteiger partial charge in [-0.3, -0.25) is 14.3 Å². The molecule has 2 atom stereocenters. The monoisotopic (exact) mass is 319 g/mol. The number of carboxylic acid groups (broad SMARTS) is 1. The molecule has 2 aromatic rings. The Hall–Kier alpha value is -1.97. The van der Waals surface area contributed by atoms with Crippen LogP contribution < -0.4 is 0 Å². The maximum absolute atomic E-state index is 11.9. The van der Waals surface area contributed by atoms with Gasteiger partial charge in [-0.25, -0.2) is 0 Å². The van der Waals surface area contributed by atoms with Crippen LogP contribution in [0.15, 0.2) is 54.9 Å². The molecule has 0 amide bonds. The second-order valence-electron chi connectivity index (χ2n) is 5.10. The van der Waals surface area contributed by atoms with Gasteiger partial charge in [0.15, 0.2) is 5.16 Å². The molecule has 0 aliphatic carbocycles. The molecule has 0 fully saturated rings. The number of carboxylic acids is 1. The summed E-state index contributed by atoms with van der Waals surface area (Å²) in [6, 6.07) is 12.0. The molecule has 2 N–H and O–H groups in total. The van der Waals surface area contributed by atoms with E-state index in [4.69, 9.17) is 0 Å². The van der Waals surface area contributed by atoms with Gasteiger partial charge in [0, 0.05) is 12.4 Å². The molecule has 0 saturated heterocycles. The van der Waals surface area contributed by atoms with E-state index in [1.54, 1.807) is 42.7 Å². The fourth-order valence-electron chi connectivity index (χ4n) is 2.52. The highest BCUT2D eigenvalue weighted by Crippen LogP contribution is 2.48. The summed E-state index contributed by atoms with van der Waals surface area (Å²) in [6.07, 6.45) is 4.60. The number of pyridine rings is 1. The SMILES string of the molecule is O=C(O)C(CCCc1cccnc1)(c1ccccc1)[PH](=O)O. The predicted molar refractivity (Wildman–Crippen MR) is 84.2 cm³/mol. The zero-order valence-electron chi connectivity index (χ0n) is 12.0. The molecule has 22 heavy (non-hydrogen) atoms. The highest BCUT2D eigenvalue weighted by atomic mass is 31.1. The molecule has 1 heterocycles. The van der Waals surface area contributed by atoms with Crippen molar-refractivity contribution in [3.63, 3.8) is 0 Å². The molecule has 0 aliphatic heterocycles. The number of benzene rings is 1. The second kappa shape index (κ2) is 7.34. The van der Waals surface area contributed by atoms with E-state index in [9.17, 15) is 19.4 Å². The summed E-state index contributed by atoms with van der Waals surface area (Å²) in [5, 5.41) is 7.87. The van der Waals surface area contributed by atoms with E-state index in [1.807, 2.05) is 12.1 Å². The van der Waals surface area contributed by atoms with Crippen LogP contribution in [0.2, 0.25) is 0 Å². The van der Waals surface area contributed by atoms with Crippen LogP contribution >= 0.6 is 8.03 Å². The molecule has 2 rings (SSSR count). The van der Waals surface area contributed by atoms with Gasteiger partial charge in [-0.05, 0) is 36.5 Å². The van der Waals surface area contributed by atoms with E-state index in [-0.39, 0.29) is 6.42 Å². The Balaban J connectivity index is 2.22. The Labute approximate surface area is 129 Å². The Bertz CT molecular complexity index is 632. The lowest BCUT2D eigenvalue weighted by Gasteiger charge is -2.27. The van der Waals surface area contributed by atoms with Crippen molar-refractivity contribution in [2.75, 3.05) is 0 Å². The summed E-state index contributed by atoms with van der Waals surface area (Å²) in [5.41, 5.74) is 1.35. The van der Waals surface area contributed by atoms with E-state index in [1.165, 1.54) is 0 Å². The van der Waals surface area contributed by atoms with Gasteiger partial charge in [-0.15, -0.1) is 0 Å². The minimum absolute atomic E-state index is 0.107. The Morgan fingerprint density at radius 3 is 2.45 bits per heavy atom. The van der Waals surface area contributed by atoms with Gasteiger partial charge in [0.05, 0.1) is 0 Å². The lowest BCUT2D eigenvalue weighted by molar-refractivity contribution is -0.140. The van der Waals surface area contributed by atoms with Gasteiger partial charge in [0.25, 0.3) is 0 Å². The van der Waals surface area contributed by atoms with Gasteiger partial charge in [0.1, 0.15) is 0 Å². The molecule has 0 radical (unpaired) electrons. The van der Waals surface area contributed by atoms with Crippen LogP contribution in [-0.2, 0) is 20.9 Å². The average molecular weight is 319 g/mol. The summed E-state index contributed by atoms with van der Waals surface area (Å²) in [7, 11) is -3.30. The number of hydrogen-bond donors (Lipinski definition) is 2. The molecule has 0 saturated carbocycles. The van der Waals surface area contributed by atoms with Crippen molar-refractivity contribution in [1.29, 1.82) is 0 Å². The van der Waals surface area contributed by atoms with Crippen LogP contribution in [0.3, 0.4) is 0 Å². The highest BCUT2D eigenvalue weighted by Gasteiger charge is 2.45. The standard InChI is InChI=1S/C16H18NO4P/c18-15(19)16(22(20)21,14-8-2-1-3-9-14)10-4-6-13-7-5-11-17-12-13/h1-3,5,7-9,11-12,22H,4,6,10H2,(H,18,19)(H,20,21). The molecular formula is C16H18NO4P. The zero-order chi connectivity index (χ0) is 16.0. The topological polar surface area (TPSA) is 87.5 Å². The van der Waals surface area contributed by atoms with Gasteiger partial charge in [-0.1, -0.05) is 36.4 Å². The average Bonchev–Trinajstić information content (AvgIpc) is 2.53. The van der Waals surface area contributed by atoms with Gasteiger partial charge < -0.3 is 10.00 Å². The molecule has 2 unspecified atom stereocenters. The van der Waals surface area contributed by atoms with Gasteiger partial charge in [0.2, 0.25) is 8.03 Å². The van der Waals surface area contributed by atoms with Crippen LogP contribution in [0, 0.1) is 0 Å². The molecular weight excluding hydrogens is 301 g/mol. The van der Waals surface area contributed by atoms with Crippen molar-refractivity contribution in [3.8, 4) is 0 Å². The number of aryl methyl sites for hydroxylation is 1. The van der Waals surface area contributed by atoms with Crippen LogP contribution in [0.4, 0.5) is 0 Å². The first-order chi connectivity index (χ1) is 10.6. The Morgan fingerprint density at radius 1 is 1.18 bits per heavy atom. The first kappa shape index (κ1) is 16.4. The molecule has 1 aromatic heterocycles. The van der Waals surface area contributed by atoms with Gasteiger partial charge >= 0.3 is 5.97 Å². The Morgan fingerprint density at radius 2 is 1.91 bits per heavy atom. The van der Waals surface area contributed by atoms with E-state index < -0.39 is 19.2 Å². The third-order valence-corrected chi connectivity index (χ3v) is 5.22. The molecule has 1 aromatic carbocycles. The van der Waals surface area contributed by atoms with E-state index in [0.717, 1.165) is 5.56 Å². The first-order valence-electron chi connectivity index (χ1n) is 6.98. The maximum atomic E-state index is 11.9. The fourth-order valence-corrected chi connectivity index (χ4v) is 3.51. The summed E-state index contributed by atoms with van der Waals surface area (Å²) < 4.78 is 11.9. The number of hydrogen-bond acceptors (Lipinski definition) is 3. The lowest BCUT2D eigenvalue weighted by atomic mass is 9.91. The largest absolute Gasteiger partial charge is 0.480 e. The number of carbonyl (C=O) groups is 1. The maximum Gasteiger partial charge on any atom is 0.323 e. The smallest absolute Gasteiger partial charge is 0.323 e. The number of aromatic nitrogens is 1. The minimum Gasteiger partial charge on any atom is -0.480 e. The predicted octanol–water partition coefficient (Wildman–Crippen LogP) is 2.85. The van der Waals surface area contributed by atoms with E-state index >= 15 is 0 Å². The summed E-state index contributed by atoms with van der Waals surface area (Å²) in [5.74, 6) is -1.25. The normalized spacial score (nSPS) is 15.0. The van der Waals surface area contributed by atoms with Crippen molar-refractivity contribution in [2.45, 2.75) is 24.4 Å². The third-order valence-electron chi connectivity index (χ3n) is 3.74. The number of rotatable bonds is 7. The summed E-state index contributed by atoms with van der Waals surface area (Å²) in [6.45, 7) is 0. The lowest BCUT2D eigenvalue weighted by Crippen LogP contribution is -2.32. The quantitative estimate of drug-likeness (QED) is 0.766. The second-order valence-corrected chi connectivity index (χ2v) is 6.56. The number of aliphatic carboxylic acids is 1. The summed E-state index contributed by atoms with van der Waals surface area (Å²) in [4.78, 5) is 25.5. The molecule has 0 aliphatic rings. The third kappa shape index (κ3) is 3.43. The molecule has 6 heteroatoms. The van der Waals surface area contributed by atoms with Crippen molar-refractivity contribution in [1.82, 2.24) is 4.98 Å². The molecule has 0 bridgehead atoms. The Kier molecular flexibility index (Phi) is 5.47. The minimum atomic E-state index is -3.30. The molecule has 5 nitrogen and oxygen atoms in total. The van der Waals surface area contributed by atoms with Crippen LogP contribution in [0.25, 0.3) is 0 Å². The van der Waals surface area contributed by atoms with E-state index in [0.29, 0.717) is 18.4 Å². The summed E-state index contributed by atoms with van der Waals surface area (Å²) >= 11 is 0. The van der Waals surface area contributed by atoms with Crippen molar-refractivity contribution in [3.05, 3.63) is 66.0 Å². The van der Waals surface area contributed by atoms with Gasteiger partial charge in [-0.2, -0.15) is 0 Å². The number of nitrogens with zero attached hydrogens (tertiary/aromatic N) is 1. The zero-order valence-corrected chi connectivity index (χ0v) is 13.0. The van der Waals surface area contributed by atoms with Crippen LogP contribution in [0.5, 0.6) is 0 Å². The van der Waals surface area contributed by atoms with Crippen LogP contribution in [-0.4, -0.2) is 21.0 Å². The van der Waals surface area contributed by atoms with Crippen LogP contribution in [0.1, 0.15) is 24.0 Å². The highest BCUT2D eigenvalue weighted by molar-refractivity contribution is 7.41. The van der Waals surface area contributed by atoms with E-state index in [2.05, 4.69) is 4.98 Å². The fraction of sp³-hybridized carbons (Fsp3) is 0.250. The van der Waals surface area contributed by atoms with Crippen molar-refractivity contribution >= 4 is 14.0 Å². The molecule has 116 valence electrons.